The number of esters is 2. The highest BCUT2D eigenvalue weighted by Crippen LogP contribution is 2.16. The maximum atomic E-state index is 12.9. The highest BCUT2D eigenvalue weighted by atomic mass is 16.7. The molecule has 1 N–H and O–H groups in total. The number of amides is 3. The van der Waals surface area contributed by atoms with Crippen molar-refractivity contribution in [2.45, 2.75) is 161 Å². The molecule has 54 heavy (non-hydrogen) atoms. The molecule has 1 atom stereocenters. The van der Waals surface area contributed by atoms with Gasteiger partial charge < -0.3 is 19.6 Å². The van der Waals surface area contributed by atoms with Gasteiger partial charge in [0.05, 0.1) is 6.42 Å². The van der Waals surface area contributed by atoms with Crippen molar-refractivity contribution in [1.82, 2.24) is 10.4 Å². The van der Waals surface area contributed by atoms with Crippen molar-refractivity contribution in [1.29, 1.82) is 0 Å². The zero-order valence-corrected chi connectivity index (χ0v) is 31.9. The summed E-state index contributed by atoms with van der Waals surface area (Å²) < 4.78 is 10.8. The van der Waals surface area contributed by atoms with Crippen molar-refractivity contribution in [2.75, 3.05) is 0 Å². The Morgan fingerprint density at radius 3 is 1.44 bits per heavy atom. The summed E-state index contributed by atoms with van der Waals surface area (Å²) in [5.74, 6) is -3.09. The van der Waals surface area contributed by atoms with Gasteiger partial charge >= 0.3 is 17.9 Å². The van der Waals surface area contributed by atoms with Gasteiger partial charge in [-0.1, -0.05) is 151 Å². The molecular formula is C43H60N2O9. The lowest BCUT2D eigenvalue weighted by Crippen LogP contribution is -2.42. The predicted octanol–water partition coefficient (Wildman–Crippen LogP) is 8.37. The van der Waals surface area contributed by atoms with Crippen molar-refractivity contribution in [3.63, 3.8) is 0 Å². The molecule has 2 aromatic carbocycles. The Labute approximate surface area is 320 Å². The van der Waals surface area contributed by atoms with E-state index in [4.69, 9.17) is 14.3 Å². The number of ether oxygens (including phenoxy) is 2. The SMILES string of the molecule is O=C(CCCCCCCCCCCCCCCCCCC(=O)OCc1ccccc1)N[C@@H](CCC(=O)ON1C(=O)CCC1=O)C(=O)OCc1ccccc1. The number of unbranched alkanes of at least 4 members (excludes halogenated alkanes) is 15. The van der Waals surface area contributed by atoms with E-state index in [1.165, 1.54) is 64.2 Å². The summed E-state index contributed by atoms with van der Waals surface area (Å²) in [5, 5.41) is 3.17. The van der Waals surface area contributed by atoms with E-state index in [1.807, 2.05) is 60.7 Å². The van der Waals surface area contributed by atoms with Gasteiger partial charge in [-0.05, 0) is 30.4 Å². The zero-order chi connectivity index (χ0) is 38.6. The topological polar surface area (TPSA) is 145 Å². The molecule has 296 valence electrons. The van der Waals surface area contributed by atoms with Gasteiger partial charge in [0.1, 0.15) is 19.3 Å². The quantitative estimate of drug-likeness (QED) is 0.0493. The minimum absolute atomic E-state index is 0.0143. The zero-order valence-electron chi connectivity index (χ0n) is 31.9. The van der Waals surface area contributed by atoms with Gasteiger partial charge in [-0.2, -0.15) is 0 Å². The Morgan fingerprint density at radius 2 is 0.963 bits per heavy atom. The van der Waals surface area contributed by atoms with Crippen molar-refractivity contribution in [3.8, 4) is 0 Å². The van der Waals surface area contributed by atoms with Gasteiger partial charge in [-0.15, -0.1) is 5.06 Å². The second kappa shape index (κ2) is 27.1. The largest absolute Gasteiger partial charge is 0.461 e. The van der Waals surface area contributed by atoms with Crippen LogP contribution in [0.1, 0.15) is 152 Å². The average Bonchev–Trinajstić information content (AvgIpc) is 3.50. The molecule has 0 aliphatic carbocycles. The average molecular weight is 749 g/mol. The number of hydrogen-bond acceptors (Lipinski definition) is 9. The van der Waals surface area contributed by atoms with E-state index in [0.29, 0.717) is 24.5 Å². The van der Waals surface area contributed by atoms with E-state index in [1.54, 1.807) is 0 Å². The number of benzene rings is 2. The minimum atomic E-state index is -1.07. The summed E-state index contributed by atoms with van der Waals surface area (Å²) >= 11 is 0. The predicted molar refractivity (Wildman–Crippen MR) is 204 cm³/mol. The summed E-state index contributed by atoms with van der Waals surface area (Å²) in [7, 11) is 0. The normalized spacial score (nSPS) is 13.1. The number of carbonyl (C=O) groups is 6. The van der Waals surface area contributed by atoms with Gasteiger partial charge in [0, 0.05) is 25.7 Å². The lowest BCUT2D eigenvalue weighted by atomic mass is 10.0. The molecular weight excluding hydrogens is 688 g/mol. The smallest absolute Gasteiger partial charge is 0.333 e. The maximum Gasteiger partial charge on any atom is 0.333 e. The van der Waals surface area contributed by atoms with Gasteiger partial charge in [-0.25, -0.2) is 9.59 Å². The second-order valence-corrected chi connectivity index (χ2v) is 14.1. The summed E-state index contributed by atoms with van der Waals surface area (Å²) in [6, 6.07) is 17.8. The van der Waals surface area contributed by atoms with Crippen LogP contribution in [-0.4, -0.2) is 46.7 Å². The van der Waals surface area contributed by atoms with Crippen molar-refractivity contribution < 1.29 is 43.1 Å². The Hall–Kier alpha value is -4.54. The summed E-state index contributed by atoms with van der Waals surface area (Å²) in [6.45, 7) is 0.374. The molecule has 0 spiro atoms. The molecule has 1 heterocycles. The van der Waals surface area contributed by atoms with E-state index < -0.39 is 29.8 Å². The van der Waals surface area contributed by atoms with Crippen LogP contribution in [0.5, 0.6) is 0 Å². The van der Waals surface area contributed by atoms with Crippen LogP contribution >= 0.6 is 0 Å². The molecule has 0 bridgehead atoms. The number of nitrogens with zero attached hydrogens (tertiary/aromatic N) is 1. The fraction of sp³-hybridized carbons (Fsp3) is 0.581. The van der Waals surface area contributed by atoms with Crippen LogP contribution in [0.25, 0.3) is 0 Å². The monoisotopic (exact) mass is 748 g/mol. The molecule has 1 aliphatic heterocycles. The Kier molecular flexibility index (Phi) is 22.0. The van der Waals surface area contributed by atoms with Crippen LogP contribution in [-0.2, 0) is 56.3 Å². The fourth-order valence-electron chi connectivity index (χ4n) is 6.25. The summed E-state index contributed by atoms with van der Waals surface area (Å²) in [5.41, 5.74) is 1.80. The van der Waals surface area contributed by atoms with Crippen LogP contribution in [0, 0.1) is 0 Å². The van der Waals surface area contributed by atoms with Crippen molar-refractivity contribution in [3.05, 3.63) is 71.8 Å². The molecule has 3 rings (SSSR count). The highest BCUT2D eigenvalue weighted by molar-refractivity contribution is 6.01. The van der Waals surface area contributed by atoms with Crippen LogP contribution in [0.3, 0.4) is 0 Å². The van der Waals surface area contributed by atoms with E-state index in [0.717, 1.165) is 43.2 Å². The van der Waals surface area contributed by atoms with Crippen LogP contribution in [0.15, 0.2) is 60.7 Å². The maximum absolute atomic E-state index is 12.9. The third-order valence-electron chi connectivity index (χ3n) is 9.46. The Balaban J connectivity index is 1.15. The molecule has 1 fully saturated rings. The number of imide groups is 1. The summed E-state index contributed by atoms with van der Waals surface area (Å²) in [4.78, 5) is 78.3. The first kappa shape index (κ1) is 43.9. The molecule has 1 aliphatic rings. The lowest BCUT2D eigenvalue weighted by molar-refractivity contribution is -0.197. The first-order valence-electron chi connectivity index (χ1n) is 20.1. The van der Waals surface area contributed by atoms with Crippen molar-refractivity contribution >= 4 is 35.6 Å². The number of carbonyl (C=O) groups excluding carboxylic acids is 6. The van der Waals surface area contributed by atoms with Crippen LogP contribution in [0.4, 0.5) is 0 Å². The van der Waals surface area contributed by atoms with E-state index >= 15 is 0 Å². The van der Waals surface area contributed by atoms with Crippen LogP contribution in [0.2, 0.25) is 0 Å². The van der Waals surface area contributed by atoms with Gasteiger partial charge in [0.2, 0.25) is 5.91 Å². The standard InChI is InChI=1S/C43H60N2O9/c46-38(44-37(43(51)53-34-36-25-19-16-20-26-36)29-32-42(50)54-45-39(47)30-31-40(45)48)27-21-13-11-9-7-5-3-1-2-4-6-8-10-12-14-22-28-41(49)52-33-35-23-17-15-18-24-35/h15-20,23-26,37H,1-14,21-22,27-34H2,(H,44,46)/t37-/m0/s1. The molecule has 2 aromatic rings. The first-order valence-corrected chi connectivity index (χ1v) is 20.1. The molecule has 0 unspecified atom stereocenters. The number of nitrogens with one attached hydrogen (secondary N) is 1. The first-order chi connectivity index (χ1) is 26.3. The van der Waals surface area contributed by atoms with Gasteiger partial charge in [0.25, 0.3) is 11.8 Å². The van der Waals surface area contributed by atoms with E-state index in [-0.39, 0.29) is 50.6 Å². The molecule has 3 amide bonds. The third-order valence-corrected chi connectivity index (χ3v) is 9.46. The van der Waals surface area contributed by atoms with Crippen molar-refractivity contribution in [2.24, 2.45) is 0 Å². The number of hydroxylamine groups is 2. The molecule has 0 radical (unpaired) electrons. The molecule has 0 saturated carbocycles. The molecule has 11 nitrogen and oxygen atoms in total. The fourth-order valence-corrected chi connectivity index (χ4v) is 6.25. The Morgan fingerprint density at radius 1 is 0.537 bits per heavy atom. The van der Waals surface area contributed by atoms with E-state index in [9.17, 15) is 28.8 Å². The Bertz CT molecular complexity index is 1400. The number of rotatable bonds is 29. The molecule has 11 heteroatoms. The number of hydrogen-bond donors (Lipinski definition) is 1. The highest BCUT2D eigenvalue weighted by Gasteiger charge is 2.33. The van der Waals surface area contributed by atoms with Crippen LogP contribution < -0.4 is 5.32 Å². The summed E-state index contributed by atoms with van der Waals surface area (Å²) in [6.07, 6.45) is 18.5. The van der Waals surface area contributed by atoms with E-state index in [2.05, 4.69) is 5.32 Å². The molecule has 0 aromatic heterocycles. The minimum Gasteiger partial charge on any atom is -0.461 e. The third kappa shape index (κ3) is 19.5. The second-order valence-electron chi connectivity index (χ2n) is 14.1. The lowest BCUT2D eigenvalue weighted by Gasteiger charge is -2.18. The molecule has 1 saturated heterocycles. The van der Waals surface area contributed by atoms with Gasteiger partial charge in [0.15, 0.2) is 0 Å². The van der Waals surface area contributed by atoms with Gasteiger partial charge in [-0.3, -0.25) is 19.2 Å².